The van der Waals surface area contributed by atoms with Gasteiger partial charge in [-0.3, -0.25) is 19.2 Å². The number of amides is 2. The topological polar surface area (TPSA) is 136 Å². The number of hydrogen-bond donors (Lipinski definition) is 2. The van der Waals surface area contributed by atoms with Gasteiger partial charge in [-0.05, 0) is 25.8 Å². The number of nitrogens with zero attached hydrogens (tertiary/aromatic N) is 1. The Balaban J connectivity index is 1.70. The van der Waals surface area contributed by atoms with E-state index in [0.29, 0.717) is 11.5 Å². The van der Waals surface area contributed by atoms with Crippen molar-refractivity contribution in [3.63, 3.8) is 0 Å². The number of aromatic nitrogens is 1. The molecule has 0 spiro atoms. The largest absolute Gasteiger partial charge is 0.384 e. The van der Waals surface area contributed by atoms with Gasteiger partial charge in [0.05, 0.1) is 43.0 Å². The number of nitrogens with one attached hydrogen (secondary N) is 2. The molecule has 1 aromatic heterocycles. The number of Topliss-reactive ketones (excluding diaryl/α,β-unsaturated/α-hetero) is 2. The minimum absolute atomic E-state index is 0.0424. The number of methoxy groups -OCH3 is 2. The van der Waals surface area contributed by atoms with Gasteiger partial charge >= 0.3 is 0 Å². The Kier molecular flexibility index (Phi) is 10.0. The summed E-state index contributed by atoms with van der Waals surface area (Å²) in [6, 6.07) is 7.54. The van der Waals surface area contributed by atoms with Crippen molar-refractivity contribution < 1.29 is 33.4 Å². The van der Waals surface area contributed by atoms with Crippen molar-refractivity contribution >= 4 is 34.7 Å². The Bertz CT molecular complexity index is 1100. The highest BCUT2D eigenvalue weighted by Crippen LogP contribution is 2.29. The molecule has 0 saturated carbocycles. The molecule has 200 valence electrons. The fourth-order valence-electron chi connectivity index (χ4n) is 3.86. The lowest BCUT2D eigenvalue weighted by Gasteiger charge is -2.24. The molecule has 1 aliphatic rings. The fourth-order valence-corrected chi connectivity index (χ4v) is 4.54. The van der Waals surface area contributed by atoms with Crippen LogP contribution in [0.4, 0.5) is 0 Å². The summed E-state index contributed by atoms with van der Waals surface area (Å²) >= 11 is 1.21. The minimum Gasteiger partial charge on any atom is -0.384 e. The fraction of sp³-hybridized carbons (Fsp3) is 0.500. The van der Waals surface area contributed by atoms with Crippen LogP contribution in [0.5, 0.6) is 0 Å². The molecule has 10 nitrogen and oxygen atoms in total. The SMILES string of the molecule is COC[C@H](CC(=O)[C@H](COC)NC(=O)c1cnc(C)s1)C(=O)N[C@@H](Cc1ccccc1)C(=O)[C@@]1(C)CO1. The first kappa shape index (κ1) is 28.6. The molecule has 1 aliphatic heterocycles. The van der Waals surface area contributed by atoms with Gasteiger partial charge < -0.3 is 24.8 Å². The van der Waals surface area contributed by atoms with E-state index in [1.807, 2.05) is 30.3 Å². The van der Waals surface area contributed by atoms with Crippen LogP contribution >= 0.6 is 11.3 Å². The molecule has 37 heavy (non-hydrogen) atoms. The van der Waals surface area contributed by atoms with E-state index in [4.69, 9.17) is 14.2 Å². The minimum atomic E-state index is -0.965. The van der Waals surface area contributed by atoms with Crippen molar-refractivity contribution in [2.75, 3.05) is 34.0 Å². The second-order valence-corrected chi connectivity index (χ2v) is 10.4. The summed E-state index contributed by atoms with van der Waals surface area (Å²) in [5.74, 6) is -2.43. The molecule has 0 radical (unpaired) electrons. The number of thiazole rings is 1. The molecule has 1 aromatic carbocycles. The predicted octanol–water partition coefficient (Wildman–Crippen LogP) is 1.50. The van der Waals surface area contributed by atoms with Crippen LogP contribution in [-0.4, -0.2) is 80.1 Å². The van der Waals surface area contributed by atoms with Crippen molar-refractivity contribution in [3.8, 4) is 0 Å². The van der Waals surface area contributed by atoms with Crippen LogP contribution in [0.25, 0.3) is 0 Å². The molecular weight excluding hydrogens is 498 g/mol. The van der Waals surface area contributed by atoms with Crippen LogP contribution in [0.3, 0.4) is 0 Å². The van der Waals surface area contributed by atoms with E-state index in [1.165, 1.54) is 31.8 Å². The van der Waals surface area contributed by atoms with Crippen molar-refractivity contribution in [3.05, 3.63) is 52.0 Å². The van der Waals surface area contributed by atoms with Gasteiger partial charge in [0.15, 0.2) is 11.6 Å². The maximum atomic E-state index is 13.3. The Labute approximate surface area is 220 Å². The standard InChI is InChI=1S/C26H33N3O7S/c1-16-27-12-22(37-16)25(33)29-20(14-35-4)21(30)11-18(13-34-3)24(32)28-19(23(31)26(2)15-36-26)10-17-8-6-5-7-9-17/h5-9,12,18-20H,10-11,13-15H2,1-4H3,(H,28,32)(H,29,33)/t18-,19-,20-,26+/m0/s1. The molecule has 0 bridgehead atoms. The molecule has 2 N–H and O–H groups in total. The number of aryl methyl sites for hydroxylation is 1. The Hall–Kier alpha value is -2.99. The predicted molar refractivity (Wildman–Crippen MR) is 136 cm³/mol. The molecule has 1 fully saturated rings. The van der Waals surface area contributed by atoms with E-state index in [0.717, 1.165) is 10.6 Å². The zero-order valence-electron chi connectivity index (χ0n) is 21.4. The summed E-state index contributed by atoms with van der Waals surface area (Å²) < 4.78 is 15.7. The number of ketones is 2. The van der Waals surface area contributed by atoms with Gasteiger partial charge in [0.2, 0.25) is 5.91 Å². The second-order valence-electron chi connectivity index (χ2n) is 9.18. The number of ether oxygens (including phenoxy) is 3. The second kappa shape index (κ2) is 13.0. The number of carbonyl (C=O) groups is 4. The van der Waals surface area contributed by atoms with E-state index in [9.17, 15) is 19.2 Å². The molecule has 2 amide bonds. The van der Waals surface area contributed by atoms with Gasteiger partial charge in [0.1, 0.15) is 16.5 Å². The first-order chi connectivity index (χ1) is 17.7. The van der Waals surface area contributed by atoms with Crippen LogP contribution < -0.4 is 10.6 Å². The highest BCUT2D eigenvalue weighted by Gasteiger charge is 2.50. The average molecular weight is 532 g/mol. The first-order valence-electron chi connectivity index (χ1n) is 11.9. The summed E-state index contributed by atoms with van der Waals surface area (Å²) in [6.45, 7) is 3.66. The Morgan fingerprint density at radius 3 is 2.32 bits per heavy atom. The van der Waals surface area contributed by atoms with Crippen molar-refractivity contribution in [2.45, 2.75) is 44.4 Å². The number of rotatable bonds is 15. The van der Waals surface area contributed by atoms with Crippen molar-refractivity contribution in [1.29, 1.82) is 0 Å². The van der Waals surface area contributed by atoms with Gasteiger partial charge in [0, 0.05) is 20.6 Å². The van der Waals surface area contributed by atoms with Gasteiger partial charge in [-0.1, -0.05) is 30.3 Å². The monoisotopic (exact) mass is 531 g/mol. The van der Waals surface area contributed by atoms with Crippen LogP contribution in [0.1, 0.15) is 33.6 Å². The molecular formula is C26H33N3O7S. The van der Waals surface area contributed by atoms with E-state index in [1.54, 1.807) is 13.8 Å². The summed E-state index contributed by atoms with van der Waals surface area (Å²) in [6.07, 6.45) is 1.52. The van der Waals surface area contributed by atoms with Crippen molar-refractivity contribution in [1.82, 2.24) is 15.6 Å². The maximum Gasteiger partial charge on any atom is 0.263 e. The third kappa shape index (κ3) is 8.00. The number of epoxide rings is 1. The molecule has 0 unspecified atom stereocenters. The van der Waals surface area contributed by atoms with E-state index >= 15 is 0 Å². The summed E-state index contributed by atoms with van der Waals surface area (Å²) in [5, 5.41) is 6.21. The Morgan fingerprint density at radius 2 is 1.76 bits per heavy atom. The summed E-state index contributed by atoms with van der Waals surface area (Å²) in [5.41, 5.74) is -0.0479. The van der Waals surface area contributed by atoms with Crippen molar-refractivity contribution in [2.24, 2.45) is 5.92 Å². The maximum absolute atomic E-state index is 13.3. The summed E-state index contributed by atoms with van der Waals surface area (Å²) in [7, 11) is 2.85. The lowest BCUT2D eigenvalue weighted by atomic mass is 9.93. The number of benzene rings is 1. The first-order valence-corrected chi connectivity index (χ1v) is 12.7. The normalized spacial score (nSPS) is 18.9. The lowest BCUT2D eigenvalue weighted by molar-refractivity contribution is -0.135. The van der Waals surface area contributed by atoms with Crippen LogP contribution in [0, 0.1) is 12.8 Å². The third-order valence-corrected chi connectivity index (χ3v) is 6.98. The molecule has 2 aromatic rings. The van der Waals surface area contributed by atoms with E-state index < -0.39 is 41.2 Å². The van der Waals surface area contributed by atoms with Gasteiger partial charge in [-0.25, -0.2) is 4.98 Å². The van der Waals surface area contributed by atoms with Crippen LogP contribution in [-0.2, 0) is 35.0 Å². The van der Waals surface area contributed by atoms with Gasteiger partial charge in [-0.15, -0.1) is 11.3 Å². The number of hydrogen-bond acceptors (Lipinski definition) is 9. The smallest absolute Gasteiger partial charge is 0.263 e. The highest BCUT2D eigenvalue weighted by molar-refractivity contribution is 7.13. The van der Waals surface area contributed by atoms with Crippen LogP contribution in [0.2, 0.25) is 0 Å². The van der Waals surface area contributed by atoms with Crippen LogP contribution in [0.15, 0.2) is 36.5 Å². The average Bonchev–Trinajstić information content (AvgIpc) is 3.48. The molecule has 4 atom stereocenters. The number of carbonyl (C=O) groups excluding carboxylic acids is 4. The molecule has 0 aliphatic carbocycles. The zero-order valence-corrected chi connectivity index (χ0v) is 22.3. The summed E-state index contributed by atoms with van der Waals surface area (Å²) in [4.78, 5) is 56.6. The Morgan fingerprint density at radius 1 is 1.08 bits per heavy atom. The van der Waals surface area contributed by atoms with E-state index in [-0.39, 0.29) is 31.8 Å². The quantitative estimate of drug-likeness (QED) is 0.330. The lowest BCUT2D eigenvalue weighted by Crippen LogP contribution is -2.51. The molecule has 1 saturated heterocycles. The zero-order chi connectivity index (χ0) is 27.0. The molecule has 11 heteroatoms. The molecule has 3 rings (SSSR count). The molecule has 2 heterocycles. The van der Waals surface area contributed by atoms with Gasteiger partial charge in [0.25, 0.3) is 5.91 Å². The van der Waals surface area contributed by atoms with E-state index in [2.05, 4.69) is 15.6 Å². The third-order valence-electron chi connectivity index (χ3n) is 6.07. The van der Waals surface area contributed by atoms with Gasteiger partial charge in [-0.2, -0.15) is 0 Å². The highest BCUT2D eigenvalue weighted by atomic mass is 32.1.